The fraction of sp³-hybridized carbons (Fsp3) is 0.455. The fourth-order valence-corrected chi connectivity index (χ4v) is 3.66. The van der Waals surface area contributed by atoms with Crippen LogP contribution in [-0.2, 0) is 10.0 Å². The number of pyridine rings is 1. The lowest BCUT2D eigenvalue weighted by Crippen LogP contribution is -2.37. The minimum absolute atomic E-state index is 0.110. The predicted octanol–water partition coefficient (Wildman–Crippen LogP) is 0.999. The summed E-state index contributed by atoms with van der Waals surface area (Å²) in [6, 6.07) is 2.81. The van der Waals surface area contributed by atoms with Gasteiger partial charge in [0.05, 0.1) is 16.9 Å². The number of hydrogen-bond donors (Lipinski definition) is 2. The van der Waals surface area contributed by atoms with Gasteiger partial charge in [0, 0.05) is 12.2 Å². The molecule has 1 fully saturated rings. The van der Waals surface area contributed by atoms with Gasteiger partial charge in [0.1, 0.15) is 5.02 Å². The van der Waals surface area contributed by atoms with Crippen LogP contribution in [0.15, 0.2) is 22.0 Å². The van der Waals surface area contributed by atoms with Crippen LogP contribution in [0, 0.1) is 17.2 Å². The van der Waals surface area contributed by atoms with Crippen LogP contribution in [0.2, 0.25) is 5.02 Å². The van der Waals surface area contributed by atoms with E-state index in [2.05, 4.69) is 15.8 Å². The summed E-state index contributed by atoms with van der Waals surface area (Å²) in [5.41, 5.74) is -0.545. The average molecular weight is 302 g/mol. The van der Waals surface area contributed by atoms with Crippen LogP contribution < -0.4 is 10.3 Å². The van der Waals surface area contributed by atoms with Gasteiger partial charge < -0.3 is 4.98 Å². The highest BCUT2D eigenvalue weighted by atomic mass is 35.5. The first-order chi connectivity index (χ1) is 8.94. The van der Waals surface area contributed by atoms with Gasteiger partial charge in [-0.05, 0) is 18.9 Å². The van der Waals surface area contributed by atoms with Crippen molar-refractivity contribution in [3.63, 3.8) is 0 Å². The summed E-state index contributed by atoms with van der Waals surface area (Å²) >= 11 is 5.60. The first kappa shape index (κ1) is 14.1. The van der Waals surface area contributed by atoms with Crippen LogP contribution in [0.1, 0.15) is 19.3 Å². The zero-order valence-electron chi connectivity index (χ0n) is 9.89. The number of nitrogens with zero attached hydrogens (tertiary/aromatic N) is 1. The Morgan fingerprint density at radius 1 is 1.47 bits per heavy atom. The van der Waals surface area contributed by atoms with Gasteiger partial charge in [-0.1, -0.05) is 18.0 Å². The van der Waals surface area contributed by atoms with Crippen LogP contribution in [0.3, 0.4) is 0 Å². The number of aromatic nitrogens is 1. The van der Waals surface area contributed by atoms with Gasteiger partial charge in [0.15, 0.2) is 0 Å². The first-order valence-electron chi connectivity index (χ1n) is 5.74. The second kappa shape index (κ2) is 5.33. The van der Waals surface area contributed by atoms with E-state index < -0.39 is 15.6 Å². The summed E-state index contributed by atoms with van der Waals surface area (Å²) in [5.74, 6) is -0.312. The van der Waals surface area contributed by atoms with Crippen LogP contribution in [-0.4, -0.2) is 19.4 Å². The van der Waals surface area contributed by atoms with Gasteiger partial charge in [-0.15, -0.1) is 0 Å². The van der Waals surface area contributed by atoms with Crippen molar-refractivity contribution in [2.24, 2.45) is 5.92 Å². The molecule has 0 aromatic carbocycles. The summed E-state index contributed by atoms with van der Waals surface area (Å²) in [4.78, 5) is 13.2. The molecule has 0 aliphatic heterocycles. The molecule has 2 atom stereocenters. The van der Waals surface area contributed by atoms with Crippen molar-refractivity contribution in [3.05, 3.63) is 27.6 Å². The van der Waals surface area contributed by atoms with E-state index in [4.69, 9.17) is 16.9 Å². The first-order valence-corrected chi connectivity index (χ1v) is 7.60. The van der Waals surface area contributed by atoms with E-state index >= 15 is 0 Å². The molecule has 2 unspecified atom stereocenters. The molecule has 0 saturated heterocycles. The number of nitriles is 1. The van der Waals surface area contributed by atoms with E-state index in [1.165, 1.54) is 0 Å². The largest absolute Gasteiger partial charge is 0.326 e. The summed E-state index contributed by atoms with van der Waals surface area (Å²) in [7, 11) is -3.78. The predicted molar refractivity (Wildman–Crippen MR) is 69.1 cm³/mol. The normalized spacial score (nSPS) is 23.2. The third kappa shape index (κ3) is 2.97. The van der Waals surface area contributed by atoms with Crippen LogP contribution >= 0.6 is 11.6 Å². The van der Waals surface area contributed by atoms with Crippen molar-refractivity contribution >= 4 is 21.6 Å². The Balaban J connectivity index is 2.25. The molecule has 0 radical (unpaired) electrons. The monoisotopic (exact) mass is 301 g/mol. The summed E-state index contributed by atoms with van der Waals surface area (Å²) in [5, 5.41) is 8.74. The van der Waals surface area contributed by atoms with Crippen molar-refractivity contribution in [2.45, 2.75) is 30.2 Å². The number of nitrogens with one attached hydrogen (secondary N) is 2. The number of halogens is 1. The molecular formula is C11H12ClN3O3S. The van der Waals surface area contributed by atoms with Crippen molar-refractivity contribution in [3.8, 4) is 6.07 Å². The molecule has 2 N–H and O–H groups in total. The van der Waals surface area contributed by atoms with E-state index in [0.29, 0.717) is 12.8 Å². The van der Waals surface area contributed by atoms with E-state index in [1.54, 1.807) is 0 Å². The Bertz CT molecular complexity index is 677. The average Bonchev–Trinajstić information content (AvgIpc) is 2.79. The van der Waals surface area contributed by atoms with Gasteiger partial charge >= 0.3 is 0 Å². The highest BCUT2D eigenvalue weighted by Gasteiger charge is 2.31. The molecule has 1 aliphatic carbocycles. The van der Waals surface area contributed by atoms with E-state index in [0.717, 1.165) is 18.7 Å². The van der Waals surface area contributed by atoms with Crippen molar-refractivity contribution in [1.29, 1.82) is 5.26 Å². The quantitative estimate of drug-likeness (QED) is 0.869. The molecule has 0 bridgehead atoms. The molecule has 0 spiro atoms. The molecule has 1 aromatic heterocycles. The highest BCUT2D eigenvalue weighted by Crippen LogP contribution is 2.26. The number of hydrogen-bond acceptors (Lipinski definition) is 4. The molecule has 102 valence electrons. The number of rotatable bonds is 3. The Labute approximate surface area is 115 Å². The molecule has 2 rings (SSSR count). The lowest BCUT2D eigenvalue weighted by atomic mass is 10.1. The van der Waals surface area contributed by atoms with Crippen LogP contribution in [0.4, 0.5) is 0 Å². The topological polar surface area (TPSA) is 103 Å². The second-order valence-corrected chi connectivity index (χ2v) is 6.53. The summed E-state index contributed by atoms with van der Waals surface area (Å²) < 4.78 is 26.7. The Morgan fingerprint density at radius 3 is 2.84 bits per heavy atom. The van der Waals surface area contributed by atoms with Crippen LogP contribution in [0.5, 0.6) is 0 Å². The van der Waals surface area contributed by atoms with Crippen molar-refractivity contribution < 1.29 is 8.42 Å². The molecule has 0 amide bonds. The highest BCUT2D eigenvalue weighted by molar-refractivity contribution is 7.89. The van der Waals surface area contributed by atoms with Gasteiger partial charge in [-0.2, -0.15) is 5.26 Å². The smallest absolute Gasteiger partial charge is 0.266 e. The third-order valence-electron chi connectivity index (χ3n) is 3.13. The Hall–Kier alpha value is -1.36. The summed E-state index contributed by atoms with van der Waals surface area (Å²) in [6.07, 6.45) is 3.23. The maximum Gasteiger partial charge on any atom is 0.266 e. The minimum atomic E-state index is -3.78. The van der Waals surface area contributed by atoms with Gasteiger partial charge in [0.2, 0.25) is 10.0 Å². The number of sulfonamides is 1. The Morgan fingerprint density at radius 2 is 2.21 bits per heavy atom. The fourth-order valence-electron chi connectivity index (χ4n) is 2.12. The molecule has 1 heterocycles. The SMILES string of the molecule is N#CC1CCCC1NS(=O)(=O)c1c[nH]c(=O)c(Cl)c1. The number of H-pyrrole nitrogens is 1. The zero-order chi connectivity index (χ0) is 14.0. The molecular weight excluding hydrogens is 290 g/mol. The molecule has 1 saturated carbocycles. The van der Waals surface area contributed by atoms with Gasteiger partial charge in [-0.3, -0.25) is 4.79 Å². The van der Waals surface area contributed by atoms with E-state index in [1.807, 2.05) is 0 Å². The Kier molecular flexibility index (Phi) is 3.94. The van der Waals surface area contributed by atoms with E-state index in [9.17, 15) is 13.2 Å². The lowest BCUT2D eigenvalue weighted by Gasteiger charge is -2.15. The van der Waals surface area contributed by atoms with Crippen molar-refractivity contribution in [1.82, 2.24) is 9.71 Å². The maximum absolute atomic E-state index is 12.1. The zero-order valence-corrected chi connectivity index (χ0v) is 11.5. The minimum Gasteiger partial charge on any atom is -0.326 e. The maximum atomic E-state index is 12.1. The molecule has 1 aromatic rings. The third-order valence-corrected chi connectivity index (χ3v) is 4.88. The van der Waals surface area contributed by atoms with Gasteiger partial charge in [-0.25, -0.2) is 13.1 Å². The molecule has 6 nitrogen and oxygen atoms in total. The van der Waals surface area contributed by atoms with E-state index in [-0.39, 0.29) is 21.9 Å². The summed E-state index contributed by atoms with van der Waals surface area (Å²) in [6.45, 7) is 0. The number of aromatic amines is 1. The second-order valence-electron chi connectivity index (χ2n) is 4.41. The standard InChI is InChI=1S/C11H12ClN3O3S/c12-9-4-8(6-14-11(9)16)19(17,18)15-10-3-1-2-7(10)5-13/h4,6-7,10,15H,1-3H2,(H,14,16). The molecule has 19 heavy (non-hydrogen) atoms. The molecule has 1 aliphatic rings. The molecule has 8 heteroatoms. The van der Waals surface area contributed by atoms with Gasteiger partial charge in [0.25, 0.3) is 5.56 Å². The van der Waals surface area contributed by atoms with Crippen molar-refractivity contribution in [2.75, 3.05) is 0 Å². The lowest BCUT2D eigenvalue weighted by molar-refractivity contribution is 0.515. The van der Waals surface area contributed by atoms with Crippen LogP contribution in [0.25, 0.3) is 0 Å².